The molecule has 2 N–H and O–H groups in total. The van der Waals surface area contributed by atoms with Crippen LogP contribution in [0.4, 0.5) is 11.4 Å². The third-order valence-corrected chi connectivity index (χ3v) is 2.92. The molecule has 0 bridgehead atoms. The molecule has 1 aromatic rings. The van der Waals surface area contributed by atoms with Gasteiger partial charge in [-0.15, -0.1) is 0 Å². The summed E-state index contributed by atoms with van der Waals surface area (Å²) in [6, 6.07) is 3.97. The molecule has 0 amide bonds. The summed E-state index contributed by atoms with van der Waals surface area (Å²) < 4.78 is 5.31. The van der Waals surface area contributed by atoms with E-state index in [0.29, 0.717) is 10.7 Å². The quantitative estimate of drug-likeness (QED) is 0.746. The van der Waals surface area contributed by atoms with Crippen molar-refractivity contribution in [1.82, 2.24) is 0 Å². The van der Waals surface area contributed by atoms with Gasteiger partial charge in [0.1, 0.15) is 0 Å². The number of hydrogen-bond donors (Lipinski definition) is 1. The summed E-state index contributed by atoms with van der Waals surface area (Å²) in [4.78, 5) is 2.22. The van der Waals surface area contributed by atoms with Crippen LogP contribution in [0, 0.1) is 6.92 Å². The molecule has 1 aliphatic heterocycles. The normalized spacial score (nSPS) is 16.8. The molecular weight excluding hydrogens is 212 g/mol. The second-order valence-corrected chi connectivity index (χ2v) is 4.19. The molecule has 0 aromatic heterocycles. The summed E-state index contributed by atoms with van der Waals surface area (Å²) in [6.07, 6.45) is 0. The van der Waals surface area contributed by atoms with E-state index in [0.717, 1.165) is 37.6 Å². The summed E-state index contributed by atoms with van der Waals surface area (Å²) in [6.45, 7) is 5.29. The molecule has 2 rings (SSSR count). The molecular formula is C11H15ClN2O. The second kappa shape index (κ2) is 4.29. The molecule has 1 fully saturated rings. The van der Waals surface area contributed by atoms with Gasteiger partial charge in [0, 0.05) is 13.1 Å². The van der Waals surface area contributed by atoms with Gasteiger partial charge in [-0.3, -0.25) is 0 Å². The van der Waals surface area contributed by atoms with E-state index in [2.05, 4.69) is 11.0 Å². The van der Waals surface area contributed by atoms with E-state index in [1.54, 1.807) is 0 Å². The average Bonchev–Trinajstić information content (AvgIpc) is 2.24. The molecule has 0 aliphatic carbocycles. The Balaban J connectivity index is 2.33. The van der Waals surface area contributed by atoms with E-state index >= 15 is 0 Å². The standard InChI is InChI=1S/C11H15ClN2O/c1-8-6-9(12)11(13)10(7-8)14-2-4-15-5-3-14/h6-7H,2-5,13H2,1H3. The third-order valence-electron chi connectivity index (χ3n) is 2.60. The number of halogens is 1. The first-order valence-corrected chi connectivity index (χ1v) is 5.44. The van der Waals surface area contributed by atoms with Crippen molar-refractivity contribution in [1.29, 1.82) is 0 Å². The molecule has 0 saturated carbocycles. The van der Waals surface area contributed by atoms with Crippen LogP contribution >= 0.6 is 11.6 Å². The average molecular weight is 227 g/mol. The fraction of sp³-hybridized carbons (Fsp3) is 0.455. The van der Waals surface area contributed by atoms with Gasteiger partial charge in [0.2, 0.25) is 0 Å². The maximum Gasteiger partial charge on any atom is 0.0741 e. The summed E-state index contributed by atoms with van der Waals surface area (Å²) in [7, 11) is 0. The number of nitrogen functional groups attached to an aromatic ring is 1. The van der Waals surface area contributed by atoms with Crippen LogP contribution in [0.1, 0.15) is 5.56 Å². The Morgan fingerprint density at radius 2 is 2.00 bits per heavy atom. The van der Waals surface area contributed by atoms with Gasteiger partial charge in [-0.2, -0.15) is 0 Å². The largest absolute Gasteiger partial charge is 0.396 e. The summed E-state index contributed by atoms with van der Waals surface area (Å²) in [5.41, 5.74) is 8.80. The van der Waals surface area contributed by atoms with Crippen LogP contribution in [0.2, 0.25) is 5.02 Å². The summed E-state index contributed by atoms with van der Waals surface area (Å²) in [5.74, 6) is 0. The van der Waals surface area contributed by atoms with Crippen molar-refractivity contribution in [2.24, 2.45) is 0 Å². The molecule has 82 valence electrons. The molecule has 1 heterocycles. The first kappa shape index (κ1) is 10.6. The van der Waals surface area contributed by atoms with E-state index in [-0.39, 0.29) is 0 Å². The number of ether oxygens (including phenoxy) is 1. The first-order chi connectivity index (χ1) is 7.18. The van der Waals surface area contributed by atoms with Gasteiger partial charge in [0.15, 0.2) is 0 Å². The number of hydrogen-bond acceptors (Lipinski definition) is 3. The molecule has 3 nitrogen and oxygen atoms in total. The van der Waals surface area contributed by atoms with Crippen LogP contribution in [0.15, 0.2) is 12.1 Å². The molecule has 0 spiro atoms. The van der Waals surface area contributed by atoms with Gasteiger partial charge < -0.3 is 15.4 Å². The lowest BCUT2D eigenvalue weighted by Gasteiger charge is -2.30. The first-order valence-electron chi connectivity index (χ1n) is 5.07. The van der Waals surface area contributed by atoms with Gasteiger partial charge in [-0.05, 0) is 24.6 Å². The second-order valence-electron chi connectivity index (χ2n) is 3.78. The Bertz CT molecular complexity index is 362. The lowest BCUT2D eigenvalue weighted by Crippen LogP contribution is -2.36. The Morgan fingerprint density at radius 3 is 2.67 bits per heavy atom. The third kappa shape index (κ3) is 2.19. The zero-order chi connectivity index (χ0) is 10.8. The Morgan fingerprint density at radius 1 is 1.33 bits per heavy atom. The lowest BCUT2D eigenvalue weighted by molar-refractivity contribution is 0.123. The van der Waals surface area contributed by atoms with Crippen molar-refractivity contribution in [2.75, 3.05) is 36.9 Å². The van der Waals surface area contributed by atoms with Crippen LogP contribution in [0.3, 0.4) is 0 Å². The van der Waals surface area contributed by atoms with Crippen LogP contribution in [-0.4, -0.2) is 26.3 Å². The maximum atomic E-state index is 6.06. The Kier molecular flexibility index (Phi) is 3.03. The highest BCUT2D eigenvalue weighted by atomic mass is 35.5. The van der Waals surface area contributed by atoms with Crippen molar-refractivity contribution < 1.29 is 4.74 Å². The van der Waals surface area contributed by atoms with E-state index in [4.69, 9.17) is 22.1 Å². The smallest absolute Gasteiger partial charge is 0.0741 e. The molecule has 0 unspecified atom stereocenters. The van der Waals surface area contributed by atoms with Crippen LogP contribution in [0.5, 0.6) is 0 Å². The number of morpholine rings is 1. The fourth-order valence-electron chi connectivity index (χ4n) is 1.80. The van der Waals surface area contributed by atoms with E-state index in [1.807, 2.05) is 13.0 Å². The highest BCUT2D eigenvalue weighted by Crippen LogP contribution is 2.32. The Labute approximate surface area is 94.8 Å². The highest BCUT2D eigenvalue weighted by Gasteiger charge is 2.15. The van der Waals surface area contributed by atoms with E-state index in [9.17, 15) is 0 Å². The number of aryl methyl sites for hydroxylation is 1. The molecule has 1 aromatic carbocycles. The topological polar surface area (TPSA) is 38.5 Å². The molecule has 0 radical (unpaired) electrons. The number of nitrogens with zero attached hydrogens (tertiary/aromatic N) is 1. The van der Waals surface area contributed by atoms with Crippen LogP contribution < -0.4 is 10.6 Å². The Hall–Kier alpha value is -0.930. The van der Waals surface area contributed by atoms with E-state index in [1.165, 1.54) is 0 Å². The fourth-order valence-corrected chi connectivity index (χ4v) is 2.07. The number of benzene rings is 1. The molecule has 0 atom stereocenters. The minimum absolute atomic E-state index is 0.636. The van der Waals surface area contributed by atoms with Crippen molar-refractivity contribution in [3.63, 3.8) is 0 Å². The van der Waals surface area contributed by atoms with E-state index < -0.39 is 0 Å². The summed E-state index contributed by atoms with van der Waals surface area (Å²) in [5, 5.41) is 0.636. The zero-order valence-corrected chi connectivity index (χ0v) is 9.55. The number of anilines is 2. The van der Waals surface area contributed by atoms with Crippen LogP contribution in [0.25, 0.3) is 0 Å². The molecule has 15 heavy (non-hydrogen) atoms. The van der Waals surface area contributed by atoms with Gasteiger partial charge in [0.05, 0.1) is 29.6 Å². The van der Waals surface area contributed by atoms with Crippen molar-refractivity contribution >= 4 is 23.0 Å². The van der Waals surface area contributed by atoms with Crippen LogP contribution in [-0.2, 0) is 4.74 Å². The SMILES string of the molecule is Cc1cc(Cl)c(N)c(N2CCOCC2)c1. The minimum Gasteiger partial charge on any atom is -0.396 e. The van der Waals surface area contributed by atoms with Gasteiger partial charge >= 0.3 is 0 Å². The predicted octanol–water partition coefficient (Wildman–Crippen LogP) is 2.07. The minimum atomic E-state index is 0.636. The lowest BCUT2D eigenvalue weighted by atomic mass is 10.1. The van der Waals surface area contributed by atoms with Crippen molar-refractivity contribution in [3.8, 4) is 0 Å². The number of nitrogens with two attached hydrogens (primary N) is 1. The van der Waals surface area contributed by atoms with Crippen molar-refractivity contribution in [3.05, 3.63) is 22.7 Å². The van der Waals surface area contributed by atoms with Gasteiger partial charge in [-0.25, -0.2) is 0 Å². The van der Waals surface area contributed by atoms with Crippen molar-refractivity contribution in [2.45, 2.75) is 6.92 Å². The molecule has 1 aliphatic rings. The number of rotatable bonds is 1. The maximum absolute atomic E-state index is 6.06. The van der Waals surface area contributed by atoms with Gasteiger partial charge in [-0.1, -0.05) is 11.6 Å². The molecule has 4 heteroatoms. The van der Waals surface area contributed by atoms with Gasteiger partial charge in [0.25, 0.3) is 0 Å². The zero-order valence-electron chi connectivity index (χ0n) is 8.79. The predicted molar refractivity (Wildman–Crippen MR) is 63.6 cm³/mol. The summed E-state index contributed by atoms with van der Waals surface area (Å²) >= 11 is 6.06. The monoisotopic (exact) mass is 226 g/mol. The molecule has 1 saturated heterocycles. The highest BCUT2D eigenvalue weighted by molar-refractivity contribution is 6.33.